The number of nitrogens with two attached hydrogens (primary N) is 2. The van der Waals surface area contributed by atoms with Gasteiger partial charge in [0.1, 0.15) is 18.1 Å². The summed E-state index contributed by atoms with van der Waals surface area (Å²) in [5.41, 5.74) is 13.3. The Kier molecular flexibility index (Phi) is 8.87. The van der Waals surface area contributed by atoms with Crippen LogP contribution in [0.5, 0.6) is 28.7 Å². The summed E-state index contributed by atoms with van der Waals surface area (Å²) in [5, 5.41) is 8.64. The van der Waals surface area contributed by atoms with Gasteiger partial charge in [-0.2, -0.15) is 0 Å². The monoisotopic (exact) mass is 380 g/mol. The zero-order valence-corrected chi connectivity index (χ0v) is 16.4. The maximum atomic E-state index is 8.64. The average Bonchev–Trinajstić information content (AvgIpc) is 2.67. The molecule has 0 heterocycles. The first kappa shape index (κ1) is 22.0. The van der Waals surface area contributed by atoms with Crippen LogP contribution in [0, 0.1) is 6.92 Å². The second-order valence-corrected chi connectivity index (χ2v) is 5.34. The van der Waals surface area contributed by atoms with E-state index in [1.807, 2.05) is 6.92 Å². The molecule has 0 aliphatic rings. The van der Waals surface area contributed by atoms with E-state index < -0.39 is 0 Å². The molecule has 27 heavy (non-hydrogen) atoms. The fourth-order valence-corrected chi connectivity index (χ4v) is 2.36. The van der Waals surface area contributed by atoms with Crippen molar-refractivity contribution in [2.45, 2.75) is 6.92 Å². The van der Waals surface area contributed by atoms with Gasteiger partial charge in [-0.3, -0.25) is 0 Å². The third-order valence-corrected chi connectivity index (χ3v) is 3.63. The molecule has 2 aromatic carbocycles. The van der Waals surface area contributed by atoms with Gasteiger partial charge in [-0.15, -0.1) is 0 Å². The highest BCUT2D eigenvalue weighted by atomic mass is 16.5. The fourth-order valence-electron chi connectivity index (χ4n) is 2.36. The molecule has 0 saturated carbocycles. The van der Waals surface area contributed by atoms with Crippen molar-refractivity contribution < 1.29 is 28.8 Å². The third-order valence-electron chi connectivity index (χ3n) is 3.63. The molecule has 0 radical (unpaired) electrons. The standard InChI is InChI=1S/C10H15NO3.C9H13NO3/c1-7-9(13-2)4-3-8(11)10(7)14-6-5-12;1-11-7-4-6(10)5-8(12-2)9(7)13-3/h3-4,12H,5-6,11H2,1-2H3;4-5H,10H2,1-3H3. The lowest BCUT2D eigenvalue weighted by molar-refractivity contribution is 0.201. The summed E-state index contributed by atoms with van der Waals surface area (Å²) < 4.78 is 25.7. The van der Waals surface area contributed by atoms with E-state index >= 15 is 0 Å². The lowest BCUT2D eigenvalue weighted by Crippen LogP contribution is -2.05. The van der Waals surface area contributed by atoms with Gasteiger partial charge in [0.2, 0.25) is 5.75 Å². The quantitative estimate of drug-likeness (QED) is 0.626. The van der Waals surface area contributed by atoms with Crippen LogP contribution < -0.4 is 35.2 Å². The number of ether oxygens (including phenoxy) is 5. The topological polar surface area (TPSA) is 118 Å². The SMILES string of the molecule is COc1cc(N)cc(OC)c1OC.COc1ccc(N)c(OCCO)c1C. The Morgan fingerprint density at radius 3 is 1.81 bits per heavy atom. The molecule has 8 nitrogen and oxygen atoms in total. The summed E-state index contributed by atoms with van der Waals surface area (Å²) in [5.74, 6) is 3.00. The van der Waals surface area contributed by atoms with Crippen LogP contribution in [0.25, 0.3) is 0 Å². The maximum absolute atomic E-state index is 8.64. The summed E-state index contributed by atoms with van der Waals surface area (Å²) in [4.78, 5) is 0. The van der Waals surface area contributed by atoms with Crippen LogP contribution in [0.4, 0.5) is 11.4 Å². The second-order valence-electron chi connectivity index (χ2n) is 5.34. The molecule has 0 spiro atoms. The number of methoxy groups -OCH3 is 4. The fraction of sp³-hybridized carbons (Fsp3) is 0.368. The lowest BCUT2D eigenvalue weighted by Gasteiger charge is -2.13. The van der Waals surface area contributed by atoms with Crippen molar-refractivity contribution in [2.24, 2.45) is 0 Å². The van der Waals surface area contributed by atoms with Gasteiger partial charge in [-0.05, 0) is 19.1 Å². The van der Waals surface area contributed by atoms with Crippen molar-refractivity contribution in [2.75, 3.05) is 53.1 Å². The number of rotatable bonds is 7. The number of benzene rings is 2. The Labute approximate surface area is 159 Å². The van der Waals surface area contributed by atoms with Gasteiger partial charge < -0.3 is 40.3 Å². The highest BCUT2D eigenvalue weighted by molar-refractivity contribution is 5.61. The summed E-state index contributed by atoms with van der Waals surface area (Å²) in [6.45, 7) is 2.07. The highest BCUT2D eigenvalue weighted by Crippen LogP contribution is 2.38. The normalized spacial score (nSPS) is 9.70. The zero-order chi connectivity index (χ0) is 20.4. The van der Waals surface area contributed by atoms with E-state index in [4.69, 9.17) is 40.3 Å². The minimum absolute atomic E-state index is 0.0317. The van der Waals surface area contributed by atoms with E-state index in [2.05, 4.69) is 0 Å². The van der Waals surface area contributed by atoms with E-state index in [0.29, 0.717) is 34.4 Å². The summed E-state index contributed by atoms with van der Waals surface area (Å²) >= 11 is 0. The summed E-state index contributed by atoms with van der Waals surface area (Å²) in [7, 11) is 6.25. The Morgan fingerprint density at radius 2 is 1.37 bits per heavy atom. The molecule has 0 saturated heterocycles. The van der Waals surface area contributed by atoms with Crippen LogP contribution in [-0.4, -0.2) is 46.8 Å². The first-order valence-electron chi connectivity index (χ1n) is 8.15. The van der Waals surface area contributed by atoms with Crippen molar-refractivity contribution in [3.8, 4) is 28.7 Å². The molecule has 5 N–H and O–H groups in total. The summed E-state index contributed by atoms with van der Waals surface area (Å²) in [6.07, 6.45) is 0. The molecule has 0 atom stereocenters. The predicted octanol–water partition coefficient (Wildman–Crippen LogP) is 2.25. The van der Waals surface area contributed by atoms with Gasteiger partial charge >= 0.3 is 0 Å². The Hall–Kier alpha value is -3.00. The van der Waals surface area contributed by atoms with Gasteiger partial charge in [0.25, 0.3) is 0 Å². The smallest absolute Gasteiger partial charge is 0.203 e. The highest BCUT2D eigenvalue weighted by Gasteiger charge is 2.11. The minimum atomic E-state index is -0.0317. The molecule has 2 aromatic rings. The third kappa shape index (κ3) is 5.75. The van der Waals surface area contributed by atoms with Crippen LogP contribution >= 0.6 is 0 Å². The van der Waals surface area contributed by atoms with Gasteiger partial charge in [0, 0.05) is 23.4 Å². The molecular weight excluding hydrogens is 352 g/mol. The molecule has 0 aromatic heterocycles. The average molecular weight is 380 g/mol. The van der Waals surface area contributed by atoms with E-state index in [1.165, 1.54) is 0 Å². The van der Waals surface area contributed by atoms with E-state index in [0.717, 1.165) is 11.3 Å². The summed E-state index contributed by atoms with van der Waals surface area (Å²) in [6, 6.07) is 6.87. The van der Waals surface area contributed by atoms with Crippen LogP contribution in [0.15, 0.2) is 24.3 Å². The van der Waals surface area contributed by atoms with Crippen LogP contribution in [-0.2, 0) is 0 Å². The predicted molar refractivity (Wildman–Crippen MR) is 105 cm³/mol. The van der Waals surface area contributed by atoms with Gasteiger partial charge in [0.15, 0.2) is 11.5 Å². The van der Waals surface area contributed by atoms with Crippen LogP contribution in [0.2, 0.25) is 0 Å². The molecule has 0 aliphatic carbocycles. The van der Waals surface area contributed by atoms with Crippen molar-refractivity contribution in [3.63, 3.8) is 0 Å². The molecule has 0 unspecified atom stereocenters. The molecule has 150 valence electrons. The number of nitrogen functional groups attached to an aromatic ring is 2. The van der Waals surface area contributed by atoms with Gasteiger partial charge in [-0.1, -0.05) is 0 Å². The van der Waals surface area contributed by atoms with Crippen molar-refractivity contribution in [1.29, 1.82) is 0 Å². The number of hydrogen-bond donors (Lipinski definition) is 3. The lowest BCUT2D eigenvalue weighted by atomic mass is 10.1. The van der Waals surface area contributed by atoms with Crippen molar-refractivity contribution in [1.82, 2.24) is 0 Å². The number of anilines is 2. The van der Waals surface area contributed by atoms with Gasteiger partial charge in [-0.25, -0.2) is 0 Å². The molecule has 0 fully saturated rings. The Bertz CT molecular complexity index is 711. The Balaban J connectivity index is 0.000000271. The minimum Gasteiger partial charge on any atom is -0.496 e. The first-order valence-corrected chi connectivity index (χ1v) is 8.15. The van der Waals surface area contributed by atoms with Crippen LogP contribution in [0.3, 0.4) is 0 Å². The molecular formula is C19H28N2O6. The van der Waals surface area contributed by atoms with Gasteiger partial charge in [0.05, 0.1) is 40.7 Å². The van der Waals surface area contributed by atoms with E-state index in [1.54, 1.807) is 52.7 Å². The first-order chi connectivity index (χ1) is 12.9. The van der Waals surface area contributed by atoms with Crippen molar-refractivity contribution in [3.05, 3.63) is 29.8 Å². The molecule has 0 aliphatic heterocycles. The second kappa shape index (κ2) is 10.9. The molecule has 0 amide bonds. The molecule has 8 heteroatoms. The maximum Gasteiger partial charge on any atom is 0.203 e. The number of hydrogen-bond acceptors (Lipinski definition) is 8. The zero-order valence-electron chi connectivity index (χ0n) is 16.4. The van der Waals surface area contributed by atoms with E-state index in [9.17, 15) is 0 Å². The number of aliphatic hydroxyl groups is 1. The Morgan fingerprint density at radius 1 is 0.815 bits per heavy atom. The van der Waals surface area contributed by atoms with Crippen LogP contribution in [0.1, 0.15) is 5.56 Å². The molecule has 0 bridgehead atoms. The molecule has 2 rings (SSSR count). The van der Waals surface area contributed by atoms with E-state index in [-0.39, 0.29) is 13.2 Å². The largest absolute Gasteiger partial charge is 0.496 e. The number of aliphatic hydroxyl groups excluding tert-OH is 1. The van der Waals surface area contributed by atoms with Crippen molar-refractivity contribution >= 4 is 11.4 Å².